The fourth-order valence-electron chi connectivity index (χ4n) is 5.46. The molecule has 9 heteroatoms. The number of nitrogens with zero attached hydrogens (tertiary/aromatic N) is 1. The summed E-state index contributed by atoms with van der Waals surface area (Å²) in [4.78, 5) is 40.3. The molecule has 5 aromatic rings. The summed E-state index contributed by atoms with van der Waals surface area (Å²) in [6.45, 7) is 7.04. The first-order valence-corrected chi connectivity index (χ1v) is 16.6. The molecule has 1 N–H and O–H groups in total. The van der Waals surface area contributed by atoms with Gasteiger partial charge < -0.3 is 14.2 Å². The monoisotopic (exact) mass is 752 g/mol. The van der Waals surface area contributed by atoms with Crippen LogP contribution in [0.3, 0.4) is 0 Å². The number of fused-ring (bicyclic) bond motifs is 1. The molecule has 1 heterocycles. The highest BCUT2D eigenvalue weighted by atomic mass is 127. The largest absolute Gasteiger partial charge is 0.490 e. The highest BCUT2D eigenvalue weighted by Gasteiger charge is 2.37. The number of carbonyl (C=O) groups excluding carboxylic acids is 3. The van der Waals surface area contributed by atoms with Crippen LogP contribution < -0.4 is 24.4 Å². The molecule has 0 aliphatic carbocycles. The molecule has 1 saturated heterocycles. The van der Waals surface area contributed by atoms with Gasteiger partial charge in [-0.3, -0.25) is 14.9 Å². The zero-order chi connectivity index (χ0) is 33.8. The van der Waals surface area contributed by atoms with Gasteiger partial charge in [-0.15, -0.1) is 0 Å². The van der Waals surface area contributed by atoms with Crippen LogP contribution in [0, 0.1) is 17.4 Å². The molecule has 0 aromatic heterocycles. The summed E-state index contributed by atoms with van der Waals surface area (Å²) in [5, 5.41) is 4.54. The molecule has 5 aromatic carbocycles. The molecular weight excluding hydrogens is 719 g/mol. The topological polar surface area (TPSA) is 94.2 Å². The Morgan fingerprint density at radius 1 is 0.812 bits per heavy atom. The van der Waals surface area contributed by atoms with Crippen molar-refractivity contribution in [1.82, 2.24) is 5.32 Å². The number of urea groups is 1. The summed E-state index contributed by atoms with van der Waals surface area (Å²) in [5.41, 5.74) is 5.04. The van der Waals surface area contributed by atoms with E-state index >= 15 is 0 Å². The van der Waals surface area contributed by atoms with E-state index < -0.39 is 17.8 Å². The summed E-state index contributed by atoms with van der Waals surface area (Å²) >= 11 is 2.16. The molecule has 1 aliphatic heterocycles. The Morgan fingerprint density at radius 2 is 1.56 bits per heavy atom. The lowest BCUT2D eigenvalue weighted by Gasteiger charge is -2.26. The zero-order valence-corrected chi connectivity index (χ0v) is 28.9. The van der Waals surface area contributed by atoms with Gasteiger partial charge in [0.1, 0.15) is 24.5 Å². The van der Waals surface area contributed by atoms with Crippen molar-refractivity contribution < 1.29 is 28.6 Å². The average molecular weight is 753 g/mol. The fraction of sp³-hybridized carbons (Fsp3) is 0.154. The minimum Gasteiger partial charge on any atom is -0.490 e. The molecule has 0 unspecified atom stereocenters. The standard InChI is InChI=1S/C39H33IN2O6/c1-4-46-35-21-27(20-34(40)36(35)48-23-33-25(3)11-14-28-7-5-6-8-31(28)33)19-32-37(43)41-39(45)42(38(32)44)29-15-17-30(18-16-29)47-22-26-12-9-24(2)10-13-26/h5-21H,4,22-23H2,1-3H3,(H,41,43,45)/b32-19+. The Hall–Kier alpha value is -5.16. The lowest BCUT2D eigenvalue weighted by Crippen LogP contribution is -2.54. The third kappa shape index (κ3) is 7.06. The maximum Gasteiger partial charge on any atom is 0.335 e. The molecule has 0 bridgehead atoms. The quantitative estimate of drug-likeness (QED) is 0.0877. The van der Waals surface area contributed by atoms with Crippen molar-refractivity contribution in [3.63, 3.8) is 0 Å². The number of barbiturate groups is 1. The van der Waals surface area contributed by atoms with Crippen LogP contribution in [0.5, 0.6) is 17.2 Å². The lowest BCUT2D eigenvalue weighted by atomic mass is 10.0. The third-order valence-corrected chi connectivity index (χ3v) is 8.80. The van der Waals surface area contributed by atoms with Crippen molar-refractivity contribution >= 4 is 63.0 Å². The number of nitrogens with one attached hydrogen (secondary N) is 1. The van der Waals surface area contributed by atoms with Gasteiger partial charge in [0.05, 0.1) is 15.9 Å². The van der Waals surface area contributed by atoms with Crippen LogP contribution in [-0.4, -0.2) is 24.5 Å². The van der Waals surface area contributed by atoms with E-state index in [2.05, 4.69) is 59.1 Å². The van der Waals surface area contributed by atoms with Gasteiger partial charge in [-0.2, -0.15) is 0 Å². The Morgan fingerprint density at radius 3 is 2.31 bits per heavy atom. The maximum atomic E-state index is 13.6. The van der Waals surface area contributed by atoms with Crippen LogP contribution >= 0.6 is 22.6 Å². The second-order valence-corrected chi connectivity index (χ2v) is 12.5. The molecule has 8 nitrogen and oxygen atoms in total. The minimum absolute atomic E-state index is 0.187. The van der Waals surface area contributed by atoms with Gasteiger partial charge in [0.15, 0.2) is 11.5 Å². The number of carbonyl (C=O) groups is 3. The summed E-state index contributed by atoms with van der Waals surface area (Å²) in [5.74, 6) is 0.0996. The Kier molecular flexibility index (Phi) is 9.77. The van der Waals surface area contributed by atoms with Gasteiger partial charge >= 0.3 is 6.03 Å². The number of hydrogen-bond donors (Lipinski definition) is 1. The van der Waals surface area contributed by atoms with E-state index in [1.807, 2.05) is 56.3 Å². The second kappa shape index (κ2) is 14.3. The van der Waals surface area contributed by atoms with Crippen LogP contribution in [0.2, 0.25) is 0 Å². The number of hydrogen-bond acceptors (Lipinski definition) is 6. The summed E-state index contributed by atoms with van der Waals surface area (Å²) < 4.78 is 18.9. The van der Waals surface area contributed by atoms with Crippen molar-refractivity contribution in [2.45, 2.75) is 34.0 Å². The van der Waals surface area contributed by atoms with E-state index in [1.165, 1.54) is 6.08 Å². The summed E-state index contributed by atoms with van der Waals surface area (Å²) in [6, 6.07) is 29.7. The number of ether oxygens (including phenoxy) is 3. The van der Waals surface area contributed by atoms with Gasteiger partial charge in [0, 0.05) is 5.56 Å². The van der Waals surface area contributed by atoms with E-state index in [0.29, 0.717) is 48.3 Å². The molecule has 0 atom stereocenters. The van der Waals surface area contributed by atoms with Crippen LogP contribution in [0.1, 0.15) is 34.7 Å². The predicted molar refractivity (Wildman–Crippen MR) is 194 cm³/mol. The molecule has 242 valence electrons. The first kappa shape index (κ1) is 32.8. The van der Waals surface area contributed by atoms with Crippen molar-refractivity contribution in [1.29, 1.82) is 0 Å². The van der Waals surface area contributed by atoms with Gasteiger partial charge in [-0.1, -0.05) is 66.2 Å². The lowest BCUT2D eigenvalue weighted by molar-refractivity contribution is -0.122. The Bertz CT molecular complexity index is 2050. The smallest absolute Gasteiger partial charge is 0.335 e. The van der Waals surface area contributed by atoms with Crippen LogP contribution in [0.25, 0.3) is 16.8 Å². The number of imide groups is 2. The minimum atomic E-state index is -0.826. The van der Waals surface area contributed by atoms with Crippen LogP contribution in [0.15, 0.2) is 103 Å². The summed E-state index contributed by atoms with van der Waals surface area (Å²) in [6.07, 6.45) is 1.46. The van der Waals surface area contributed by atoms with Crippen molar-refractivity contribution in [3.05, 3.63) is 134 Å². The van der Waals surface area contributed by atoms with E-state index in [1.54, 1.807) is 30.3 Å². The number of rotatable bonds is 10. The Labute approximate surface area is 292 Å². The molecule has 1 fully saturated rings. The number of benzene rings is 5. The Balaban J connectivity index is 1.23. The molecule has 0 spiro atoms. The summed E-state index contributed by atoms with van der Waals surface area (Å²) in [7, 11) is 0. The SMILES string of the molecule is CCOc1cc(/C=C2\C(=O)NC(=O)N(c3ccc(OCc4ccc(C)cc4)cc3)C2=O)cc(I)c1OCc1c(C)ccc2ccccc12. The first-order chi connectivity index (χ1) is 23.2. The van der Waals surface area contributed by atoms with Gasteiger partial charge in [0.25, 0.3) is 11.8 Å². The molecule has 1 aliphatic rings. The highest BCUT2D eigenvalue weighted by molar-refractivity contribution is 14.1. The van der Waals surface area contributed by atoms with Gasteiger partial charge in [0.2, 0.25) is 0 Å². The molecular formula is C39H33IN2O6. The fourth-order valence-corrected chi connectivity index (χ4v) is 6.24. The van der Waals surface area contributed by atoms with Gasteiger partial charge in [-0.05, 0) is 113 Å². The van der Waals surface area contributed by atoms with E-state index in [9.17, 15) is 14.4 Å². The molecule has 0 radical (unpaired) electrons. The van der Waals surface area contributed by atoms with Gasteiger partial charge in [-0.25, -0.2) is 9.69 Å². The van der Waals surface area contributed by atoms with Crippen LogP contribution in [-0.2, 0) is 22.8 Å². The second-order valence-electron chi connectivity index (χ2n) is 11.4. The maximum absolute atomic E-state index is 13.6. The molecule has 6 rings (SSSR count). The number of anilines is 1. The number of halogens is 1. The third-order valence-electron chi connectivity index (χ3n) is 8.00. The van der Waals surface area contributed by atoms with E-state index in [-0.39, 0.29) is 5.57 Å². The van der Waals surface area contributed by atoms with Crippen molar-refractivity contribution in [2.75, 3.05) is 11.5 Å². The average Bonchev–Trinajstić information content (AvgIpc) is 3.07. The molecule has 48 heavy (non-hydrogen) atoms. The first-order valence-electron chi connectivity index (χ1n) is 15.5. The normalized spacial score (nSPS) is 14.0. The van der Waals surface area contributed by atoms with Crippen molar-refractivity contribution in [2.24, 2.45) is 0 Å². The van der Waals surface area contributed by atoms with E-state index in [0.717, 1.165) is 41.5 Å². The predicted octanol–water partition coefficient (Wildman–Crippen LogP) is 8.28. The van der Waals surface area contributed by atoms with E-state index in [4.69, 9.17) is 14.2 Å². The number of amides is 4. The zero-order valence-electron chi connectivity index (χ0n) is 26.7. The molecule has 4 amide bonds. The highest BCUT2D eigenvalue weighted by Crippen LogP contribution is 2.37. The number of aryl methyl sites for hydroxylation is 2. The van der Waals surface area contributed by atoms with Crippen molar-refractivity contribution in [3.8, 4) is 17.2 Å². The van der Waals surface area contributed by atoms with Crippen LogP contribution in [0.4, 0.5) is 10.5 Å². The molecule has 0 saturated carbocycles.